The van der Waals surface area contributed by atoms with Crippen molar-refractivity contribution in [2.45, 2.75) is 142 Å². The van der Waals surface area contributed by atoms with Gasteiger partial charge in [0.15, 0.2) is 0 Å². The predicted molar refractivity (Wildman–Crippen MR) is 161 cm³/mol. The lowest BCUT2D eigenvalue weighted by atomic mass is 9.57. The van der Waals surface area contributed by atoms with Gasteiger partial charge in [0.2, 0.25) is 0 Å². The highest BCUT2D eigenvalue weighted by atomic mass is 16.6. The summed E-state index contributed by atoms with van der Waals surface area (Å²) in [4.78, 5) is 53.0. The SMILES string of the molecule is CCCCCC(CC)C1(C(=O)OCCOC(=O)C2(C(CC)CCCCC)CC3OC3CC2C(=O)O)CC2OC2CC1C(=O)O. The summed E-state index contributed by atoms with van der Waals surface area (Å²) >= 11 is 0. The molecule has 2 aliphatic carbocycles. The Labute approximate surface area is 261 Å². The Balaban J connectivity index is 1.48. The molecule has 10 unspecified atom stereocenters. The summed E-state index contributed by atoms with van der Waals surface area (Å²) in [6.07, 6.45) is 9.28. The van der Waals surface area contributed by atoms with Crippen LogP contribution in [0.15, 0.2) is 0 Å². The van der Waals surface area contributed by atoms with E-state index in [0.717, 1.165) is 51.4 Å². The van der Waals surface area contributed by atoms with Gasteiger partial charge in [-0.15, -0.1) is 0 Å². The molecule has 4 aliphatic rings. The zero-order valence-corrected chi connectivity index (χ0v) is 27.1. The van der Waals surface area contributed by atoms with Gasteiger partial charge in [0.05, 0.1) is 47.1 Å². The van der Waals surface area contributed by atoms with Gasteiger partial charge in [0.1, 0.15) is 13.2 Å². The number of epoxide rings is 2. The fraction of sp³-hybridized carbons (Fsp3) is 0.882. The third kappa shape index (κ3) is 6.96. The van der Waals surface area contributed by atoms with Crippen molar-refractivity contribution in [1.29, 1.82) is 0 Å². The highest BCUT2D eigenvalue weighted by molar-refractivity contribution is 5.87. The van der Waals surface area contributed by atoms with Crippen molar-refractivity contribution in [3.05, 3.63) is 0 Å². The van der Waals surface area contributed by atoms with E-state index in [0.29, 0.717) is 25.7 Å². The molecular weight excluding hydrogens is 568 g/mol. The van der Waals surface area contributed by atoms with Gasteiger partial charge in [-0.05, 0) is 50.4 Å². The lowest BCUT2D eigenvalue weighted by Gasteiger charge is -2.44. The van der Waals surface area contributed by atoms with Gasteiger partial charge in [-0.1, -0.05) is 79.1 Å². The molecule has 2 saturated heterocycles. The average Bonchev–Trinajstić information content (AvgIpc) is 3.93. The minimum absolute atomic E-state index is 0.126. The first-order valence-electron chi connectivity index (χ1n) is 17.2. The largest absolute Gasteiger partial charge is 0.481 e. The molecule has 0 aromatic heterocycles. The fourth-order valence-corrected chi connectivity index (χ4v) is 8.77. The number of ether oxygens (including phenoxy) is 4. The van der Waals surface area contributed by atoms with Crippen molar-refractivity contribution in [1.82, 2.24) is 0 Å². The number of unbranched alkanes of at least 4 members (excludes halogenated alkanes) is 4. The Morgan fingerprint density at radius 2 is 1.05 bits per heavy atom. The maximum absolute atomic E-state index is 14.0. The monoisotopic (exact) mass is 622 g/mol. The van der Waals surface area contributed by atoms with E-state index >= 15 is 0 Å². The fourth-order valence-electron chi connectivity index (χ4n) is 8.77. The van der Waals surface area contributed by atoms with Gasteiger partial charge in [-0.2, -0.15) is 0 Å². The van der Waals surface area contributed by atoms with Crippen molar-refractivity contribution in [2.24, 2.45) is 34.5 Å². The molecule has 250 valence electrons. The lowest BCUT2D eigenvalue weighted by Crippen LogP contribution is -2.53. The standard InChI is InChI=1S/C34H54O10/c1-5-9-11-13-21(7-3)33(19-27-25(43-27)17-23(33)29(35)36)31(39)41-15-16-42-32(40)34(22(8-4)14-12-10-6-2)20-28-26(44-28)18-24(34)30(37)38/h21-28H,5-20H2,1-4H3,(H,35,36)(H,37,38). The Morgan fingerprint density at radius 3 is 1.36 bits per heavy atom. The number of esters is 2. The van der Waals surface area contributed by atoms with Gasteiger partial charge in [-0.3, -0.25) is 19.2 Å². The van der Waals surface area contributed by atoms with Crippen LogP contribution in [0.2, 0.25) is 0 Å². The Morgan fingerprint density at radius 1 is 0.659 bits per heavy atom. The average molecular weight is 623 g/mol. The highest BCUT2D eigenvalue weighted by Crippen LogP contribution is 2.57. The van der Waals surface area contributed by atoms with Gasteiger partial charge >= 0.3 is 23.9 Å². The number of hydrogen-bond donors (Lipinski definition) is 2. The Bertz CT molecular complexity index is 950. The van der Waals surface area contributed by atoms with Crippen LogP contribution in [-0.4, -0.2) is 71.7 Å². The number of carboxylic acid groups (broad SMARTS) is 2. The molecule has 4 rings (SSSR count). The first kappa shape index (κ1) is 34.7. The molecular formula is C34H54O10. The minimum atomic E-state index is -1.21. The Hall–Kier alpha value is -2.20. The van der Waals surface area contributed by atoms with Gasteiger partial charge in [0.25, 0.3) is 0 Å². The second kappa shape index (κ2) is 14.9. The summed E-state index contributed by atoms with van der Waals surface area (Å²) in [5.74, 6) is -5.30. The van der Waals surface area contributed by atoms with Crippen molar-refractivity contribution in [2.75, 3.05) is 13.2 Å². The molecule has 2 heterocycles. The number of rotatable bonds is 19. The van der Waals surface area contributed by atoms with E-state index in [1.165, 1.54) is 0 Å². The molecule has 0 amide bonds. The third-order valence-corrected chi connectivity index (χ3v) is 11.3. The normalized spacial score (nSPS) is 35.0. The van der Waals surface area contributed by atoms with Gasteiger partial charge in [0, 0.05) is 0 Å². The molecule has 0 radical (unpaired) electrons. The van der Waals surface area contributed by atoms with E-state index in [2.05, 4.69) is 13.8 Å². The summed E-state index contributed by atoms with van der Waals surface area (Å²) in [5.41, 5.74) is -2.42. The lowest BCUT2D eigenvalue weighted by molar-refractivity contribution is -0.182. The summed E-state index contributed by atoms with van der Waals surface area (Å²) in [7, 11) is 0. The number of hydrogen-bond acceptors (Lipinski definition) is 8. The van der Waals surface area contributed by atoms with E-state index in [-0.39, 0.29) is 62.3 Å². The zero-order valence-electron chi connectivity index (χ0n) is 27.1. The first-order chi connectivity index (χ1) is 21.1. The molecule has 44 heavy (non-hydrogen) atoms. The summed E-state index contributed by atoms with van der Waals surface area (Å²) in [6, 6.07) is 0. The molecule has 2 N–H and O–H groups in total. The predicted octanol–water partition coefficient (Wildman–Crippen LogP) is 5.78. The maximum Gasteiger partial charge on any atom is 0.313 e. The summed E-state index contributed by atoms with van der Waals surface area (Å²) in [6.45, 7) is 7.76. The zero-order chi connectivity index (χ0) is 32.1. The van der Waals surface area contributed by atoms with Gasteiger partial charge < -0.3 is 29.2 Å². The second-order valence-electron chi connectivity index (χ2n) is 13.6. The number of fused-ring (bicyclic) bond motifs is 2. The minimum Gasteiger partial charge on any atom is -0.481 e. The van der Waals surface area contributed by atoms with Crippen LogP contribution in [0.3, 0.4) is 0 Å². The van der Waals surface area contributed by atoms with Crippen molar-refractivity contribution < 1.29 is 48.3 Å². The molecule has 10 nitrogen and oxygen atoms in total. The molecule has 4 fully saturated rings. The molecule has 10 atom stereocenters. The van der Waals surface area contributed by atoms with Crippen LogP contribution in [-0.2, 0) is 38.1 Å². The topological polar surface area (TPSA) is 152 Å². The highest BCUT2D eigenvalue weighted by Gasteiger charge is 2.66. The van der Waals surface area contributed by atoms with Crippen LogP contribution in [0.1, 0.15) is 118 Å². The number of carbonyl (C=O) groups is 4. The van der Waals surface area contributed by atoms with E-state index < -0.39 is 46.5 Å². The van der Waals surface area contributed by atoms with E-state index in [9.17, 15) is 29.4 Å². The number of aliphatic carboxylic acids is 2. The first-order valence-corrected chi connectivity index (χ1v) is 17.2. The quantitative estimate of drug-likeness (QED) is 0.103. The third-order valence-electron chi connectivity index (χ3n) is 11.3. The molecule has 0 bridgehead atoms. The molecule has 10 heteroatoms. The van der Waals surface area contributed by atoms with Crippen LogP contribution in [0.25, 0.3) is 0 Å². The van der Waals surface area contributed by atoms with Crippen molar-refractivity contribution in [3.63, 3.8) is 0 Å². The van der Waals surface area contributed by atoms with Crippen molar-refractivity contribution in [3.8, 4) is 0 Å². The molecule has 0 aromatic carbocycles. The molecule has 0 spiro atoms. The van der Waals surface area contributed by atoms with Gasteiger partial charge in [-0.25, -0.2) is 0 Å². The van der Waals surface area contributed by atoms with Crippen LogP contribution in [0.4, 0.5) is 0 Å². The van der Waals surface area contributed by atoms with Crippen LogP contribution >= 0.6 is 0 Å². The van der Waals surface area contributed by atoms with Crippen molar-refractivity contribution >= 4 is 23.9 Å². The summed E-state index contributed by atoms with van der Waals surface area (Å²) in [5, 5.41) is 20.5. The molecule has 0 aromatic rings. The summed E-state index contributed by atoms with van der Waals surface area (Å²) < 4.78 is 23.0. The van der Waals surface area contributed by atoms with E-state index in [1.54, 1.807) is 0 Å². The number of carboxylic acids is 2. The number of carbonyl (C=O) groups excluding carboxylic acids is 2. The van der Waals surface area contributed by atoms with Crippen LogP contribution in [0.5, 0.6) is 0 Å². The molecule has 2 aliphatic heterocycles. The molecule has 2 saturated carbocycles. The Kier molecular flexibility index (Phi) is 11.8. The van der Waals surface area contributed by atoms with Crippen LogP contribution < -0.4 is 0 Å². The van der Waals surface area contributed by atoms with Crippen LogP contribution in [0, 0.1) is 34.5 Å². The van der Waals surface area contributed by atoms with E-state index in [1.807, 2.05) is 13.8 Å². The van der Waals surface area contributed by atoms with E-state index in [4.69, 9.17) is 18.9 Å². The maximum atomic E-state index is 14.0. The smallest absolute Gasteiger partial charge is 0.313 e. The second-order valence-corrected chi connectivity index (χ2v) is 13.6.